The maximum Gasteiger partial charge on any atom is 0.0750 e. The van der Waals surface area contributed by atoms with Gasteiger partial charge in [0.05, 0.1) is 12.7 Å². The van der Waals surface area contributed by atoms with Crippen LogP contribution in [0.25, 0.3) is 0 Å². The topological polar surface area (TPSA) is 35.2 Å². The van der Waals surface area contributed by atoms with Gasteiger partial charge in [-0.1, -0.05) is 48.5 Å². The molecule has 18 heavy (non-hydrogen) atoms. The van der Waals surface area contributed by atoms with Gasteiger partial charge in [-0.3, -0.25) is 0 Å². The Bertz CT molecular complexity index is 377. The van der Waals surface area contributed by atoms with E-state index in [-0.39, 0.29) is 12.1 Å². The van der Waals surface area contributed by atoms with Gasteiger partial charge in [0.15, 0.2) is 0 Å². The average Bonchev–Trinajstić information content (AvgIpc) is 2.54. The smallest absolute Gasteiger partial charge is 0.0750 e. The van der Waals surface area contributed by atoms with Crippen molar-refractivity contribution < 1.29 is 4.74 Å². The SMILES string of the molecule is NC1CCCCCC1OCc1c(Cl)cccc1Cl. The highest BCUT2D eigenvalue weighted by atomic mass is 35.5. The zero-order chi connectivity index (χ0) is 13.0. The van der Waals surface area contributed by atoms with E-state index in [0.717, 1.165) is 18.4 Å². The third kappa shape index (κ3) is 3.61. The Balaban J connectivity index is 1.98. The van der Waals surface area contributed by atoms with Crippen molar-refractivity contribution >= 4 is 23.2 Å². The predicted octanol–water partition coefficient (Wildman–Crippen LogP) is 4.17. The standard InChI is InChI=1S/C14H19Cl2NO/c15-11-5-4-6-12(16)10(11)9-18-14-8-3-1-2-7-13(14)17/h4-6,13-14H,1-3,7-9,17H2. The second kappa shape index (κ2) is 6.76. The lowest BCUT2D eigenvalue weighted by Gasteiger charge is -2.22. The minimum absolute atomic E-state index is 0.125. The van der Waals surface area contributed by atoms with Crippen LogP contribution >= 0.6 is 23.2 Å². The molecule has 100 valence electrons. The largest absolute Gasteiger partial charge is 0.372 e. The third-order valence-corrected chi connectivity index (χ3v) is 4.22. The summed E-state index contributed by atoms with van der Waals surface area (Å²) in [5, 5.41) is 1.31. The molecule has 2 nitrogen and oxygen atoms in total. The molecule has 0 aliphatic heterocycles. The van der Waals surface area contributed by atoms with E-state index in [1.54, 1.807) is 0 Å². The van der Waals surface area contributed by atoms with E-state index in [0.29, 0.717) is 16.7 Å². The molecule has 0 saturated heterocycles. The van der Waals surface area contributed by atoms with Gasteiger partial charge in [0, 0.05) is 21.7 Å². The first kappa shape index (κ1) is 14.1. The van der Waals surface area contributed by atoms with Gasteiger partial charge < -0.3 is 10.5 Å². The number of hydrogen-bond donors (Lipinski definition) is 1. The van der Waals surface area contributed by atoms with Crippen molar-refractivity contribution in [3.63, 3.8) is 0 Å². The Morgan fingerprint density at radius 2 is 1.78 bits per heavy atom. The molecule has 1 fully saturated rings. The third-order valence-electron chi connectivity index (χ3n) is 3.51. The highest BCUT2D eigenvalue weighted by molar-refractivity contribution is 6.35. The summed E-state index contributed by atoms with van der Waals surface area (Å²) in [4.78, 5) is 0. The zero-order valence-corrected chi connectivity index (χ0v) is 11.9. The summed E-state index contributed by atoms with van der Waals surface area (Å²) in [6.45, 7) is 0.441. The van der Waals surface area contributed by atoms with Crippen LogP contribution in [0.4, 0.5) is 0 Å². The quantitative estimate of drug-likeness (QED) is 0.847. The maximum atomic E-state index is 6.13. The van der Waals surface area contributed by atoms with Crippen LogP contribution in [0, 0.1) is 0 Å². The Hall–Kier alpha value is -0.280. The second-order valence-electron chi connectivity index (χ2n) is 4.85. The molecule has 1 aromatic carbocycles. The average molecular weight is 288 g/mol. The fourth-order valence-electron chi connectivity index (χ4n) is 2.37. The van der Waals surface area contributed by atoms with Gasteiger partial charge >= 0.3 is 0 Å². The molecule has 2 N–H and O–H groups in total. The highest BCUT2D eigenvalue weighted by Crippen LogP contribution is 2.27. The Morgan fingerprint density at radius 3 is 2.50 bits per heavy atom. The lowest BCUT2D eigenvalue weighted by Crippen LogP contribution is -2.35. The maximum absolute atomic E-state index is 6.13. The van der Waals surface area contributed by atoms with E-state index in [2.05, 4.69) is 0 Å². The lowest BCUT2D eigenvalue weighted by atomic mass is 10.1. The summed E-state index contributed by atoms with van der Waals surface area (Å²) in [6.07, 6.45) is 5.84. The van der Waals surface area contributed by atoms with E-state index in [4.69, 9.17) is 33.7 Å². The van der Waals surface area contributed by atoms with E-state index < -0.39 is 0 Å². The fraction of sp³-hybridized carbons (Fsp3) is 0.571. The predicted molar refractivity (Wildman–Crippen MR) is 76.1 cm³/mol. The van der Waals surface area contributed by atoms with Gasteiger partial charge in [0.2, 0.25) is 0 Å². The Labute approximate surface area is 118 Å². The molecule has 2 atom stereocenters. The number of ether oxygens (including phenoxy) is 1. The molecule has 0 bridgehead atoms. The van der Waals surface area contributed by atoms with E-state index in [9.17, 15) is 0 Å². The Kier molecular flexibility index (Phi) is 5.31. The monoisotopic (exact) mass is 287 g/mol. The first-order valence-electron chi connectivity index (χ1n) is 6.48. The molecule has 1 aliphatic carbocycles. The minimum atomic E-state index is 0.125. The highest BCUT2D eigenvalue weighted by Gasteiger charge is 2.21. The van der Waals surface area contributed by atoms with Crippen molar-refractivity contribution in [1.29, 1.82) is 0 Å². The number of rotatable bonds is 3. The number of hydrogen-bond acceptors (Lipinski definition) is 2. The van der Waals surface area contributed by atoms with Gasteiger partial charge in [-0.05, 0) is 25.0 Å². The summed E-state index contributed by atoms with van der Waals surface area (Å²) in [5.41, 5.74) is 6.99. The van der Waals surface area contributed by atoms with Gasteiger partial charge in [0.1, 0.15) is 0 Å². The van der Waals surface area contributed by atoms with Crippen molar-refractivity contribution in [3.05, 3.63) is 33.8 Å². The van der Waals surface area contributed by atoms with Crippen LogP contribution in [0.3, 0.4) is 0 Å². The summed E-state index contributed by atoms with van der Waals surface area (Å²) in [6, 6.07) is 5.64. The summed E-state index contributed by atoms with van der Waals surface area (Å²) in [5.74, 6) is 0. The van der Waals surface area contributed by atoms with Crippen LogP contribution in [0.5, 0.6) is 0 Å². The van der Waals surface area contributed by atoms with Crippen LogP contribution in [0.15, 0.2) is 18.2 Å². The molecule has 4 heteroatoms. The molecule has 0 heterocycles. The molecule has 2 unspecified atom stereocenters. The van der Waals surface area contributed by atoms with Crippen molar-refractivity contribution in [2.75, 3.05) is 0 Å². The minimum Gasteiger partial charge on any atom is -0.372 e. The van der Waals surface area contributed by atoms with E-state index in [1.807, 2.05) is 18.2 Å². The van der Waals surface area contributed by atoms with Gasteiger partial charge in [-0.15, -0.1) is 0 Å². The van der Waals surface area contributed by atoms with Crippen molar-refractivity contribution in [1.82, 2.24) is 0 Å². The van der Waals surface area contributed by atoms with Crippen LogP contribution in [0.2, 0.25) is 10.0 Å². The summed E-state index contributed by atoms with van der Waals surface area (Å²) >= 11 is 12.2. The first-order chi connectivity index (χ1) is 8.68. The van der Waals surface area contributed by atoms with Gasteiger partial charge in [0.25, 0.3) is 0 Å². The van der Waals surface area contributed by atoms with Crippen LogP contribution in [0.1, 0.15) is 37.7 Å². The molecule has 1 aliphatic rings. The molecule has 1 aromatic rings. The molecule has 0 amide bonds. The van der Waals surface area contributed by atoms with Crippen LogP contribution < -0.4 is 5.73 Å². The van der Waals surface area contributed by atoms with Crippen molar-refractivity contribution in [2.45, 2.75) is 50.9 Å². The number of benzene rings is 1. The second-order valence-corrected chi connectivity index (χ2v) is 5.67. The molecule has 0 spiro atoms. The fourth-order valence-corrected chi connectivity index (χ4v) is 2.88. The molecule has 0 aromatic heterocycles. The number of halogens is 2. The summed E-state index contributed by atoms with van der Waals surface area (Å²) < 4.78 is 5.93. The lowest BCUT2D eigenvalue weighted by molar-refractivity contribution is 0.0195. The molecule has 1 saturated carbocycles. The van der Waals surface area contributed by atoms with Gasteiger partial charge in [-0.25, -0.2) is 0 Å². The van der Waals surface area contributed by atoms with Crippen LogP contribution in [-0.2, 0) is 11.3 Å². The van der Waals surface area contributed by atoms with Crippen molar-refractivity contribution in [2.24, 2.45) is 5.73 Å². The van der Waals surface area contributed by atoms with Crippen molar-refractivity contribution in [3.8, 4) is 0 Å². The van der Waals surface area contributed by atoms with Crippen LogP contribution in [-0.4, -0.2) is 12.1 Å². The zero-order valence-electron chi connectivity index (χ0n) is 10.4. The van der Waals surface area contributed by atoms with E-state index in [1.165, 1.54) is 19.3 Å². The van der Waals surface area contributed by atoms with E-state index >= 15 is 0 Å². The number of nitrogens with two attached hydrogens (primary N) is 1. The normalized spacial score (nSPS) is 24.8. The molecular weight excluding hydrogens is 269 g/mol. The first-order valence-corrected chi connectivity index (χ1v) is 7.24. The van der Waals surface area contributed by atoms with Gasteiger partial charge in [-0.2, -0.15) is 0 Å². The molecule has 2 rings (SSSR count). The Morgan fingerprint density at radius 1 is 1.11 bits per heavy atom. The molecular formula is C14H19Cl2NO. The summed E-state index contributed by atoms with van der Waals surface area (Å²) in [7, 11) is 0. The molecule has 0 radical (unpaired) electrons.